The summed E-state index contributed by atoms with van der Waals surface area (Å²) in [6.07, 6.45) is 2.19. The highest BCUT2D eigenvalue weighted by molar-refractivity contribution is 5.27. The van der Waals surface area contributed by atoms with Crippen LogP contribution in [0.2, 0.25) is 0 Å². The molecule has 1 aliphatic heterocycles. The first kappa shape index (κ1) is 17.8. The third kappa shape index (κ3) is 4.35. The number of likely N-dealkylation sites (N-methyl/N-ethyl adjacent to an activating group) is 1. The largest absolute Gasteiger partial charge is 0.497 e. The molecular formula is C18H28N6O. The van der Waals surface area contributed by atoms with E-state index in [0.717, 1.165) is 50.6 Å². The van der Waals surface area contributed by atoms with Crippen LogP contribution in [0.15, 0.2) is 24.3 Å². The fourth-order valence-corrected chi connectivity index (χ4v) is 3.35. The first-order valence-electron chi connectivity index (χ1n) is 9.03. The molecule has 2 aromatic rings. The van der Waals surface area contributed by atoms with E-state index in [4.69, 9.17) is 4.74 Å². The van der Waals surface area contributed by atoms with Crippen LogP contribution in [0.1, 0.15) is 37.2 Å². The summed E-state index contributed by atoms with van der Waals surface area (Å²) in [6, 6.07) is 8.36. The van der Waals surface area contributed by atoms with Crippen molar-refractivity contribution in [1.29, 1.82) is 0 Å². The van der Waals surface area contributed by atoms with Crippen molar-refractivity contribution in [3.05, 3.63) is 35.7 Å². The maximum Gasteiger partial charge on any atom is 0.168 e. The van der Waals surface area contributed by atoms with Gasteiger partial charge in [-0.15, -0.1) is 5.10 Å². The highest BCUT2D eigenvalue weighted by atomic mass is 16.5. The Kier molecular flexibility index (Phi) is 5.99. The molecule has 0 aliphatic carbocycles. The highest BCUT2D eigenvalue weighted by Gasteiger charge is 2.27. The highest BCUT2D eigenvalue weighted by Crippen LogP contribution is 2.25. The Labute approximate surface area is 149 Å². The van der Waals surface area contributed by atoms with Gasteiger partial charge < -0.3 is 9.64 Å². The molecule has 1 fully saturated rings. The number of nitrogens with zero attached hydrogens (tertiary/aromatic N) is 6. The molecule has 1 aliphatic rings. The lowest BCUT2D eigenvalue weighted by Crippen LogP contribution is -2.46. The third-order valence-corrected chi connectivity index (χ3v) is 4.89. The van der Waals surface area contributed by atoms with E-state index in [1.165, 1.54) is 5.56 Å². The van der Waals surface area contributed by atoms with Gasteiger partial charge in [-0.05, 0) is 41.6 Å². The Morgan fingerprint density at radius 1 is 1.12 bits per heavy atom. The zero-order valence-electron chi connectivity index (χ0n) is 15.4. The van der Waals surface area contributed by atoms with Gasteiger partial charge in [0, 0.05) is 26.2 Å². The van der Waals surface area contributed by atoms with Crippen LogP contribution in [-0.2, 0) is 6.54 Å². The Morgan fingerprint density at radius 2 is 1.84 bits per heavy atom. The third-order valence-electron chi connectivity index (χ3n) is 4.89. The monoisotopic (exact) mass is 344 g/mol. The number of tetrazole rings is 1. The average molecular weight is 344 g/mol. The molecule has 3 rings (SSSR count). The molecule has 136 valence electrons. The second-order valence-corrected chi connectivity index (χ2v) is 6.69. The van der Waals surface area contributed by atoms with Gasteiger partial charge >= 0.3 is 0 Å². The van der Waals surface area contributed by atoms with Crippen LogP contribution in [-0.4, -0.2) is 70.3 Å². The molecule has 0 radical (unpaired) electrons. The molecule has 0 N–H and O–H groups in total. The summed E-state index contributed by atoms with van der Waals surface area (Å²) in [4.78, 5) is 4.90. The normalized spacial score (nSPS) is 17.6. The smallest absolute Gasteiger partial charge is 0.168 e. The summed E-state index contributed by atoms with van der Waals surface area (Å²) in [7, 11) is 3.86. The first-order chi connectivity index (χ1) is 12.2. The van der Waals surface area contributed by atoms with Crippen molar-refractivity contribution in [2.75, 3.05) is 40.3 Å². The van der Waals surface area contributed by atoms with Crippen molar-refractivity contribution in [2.45, 2.75) is 32.4 Å². The summed E-state index contributed by atoms with van der Waals surface area (Å²) >= 11 is 0. The second-order valence-electron chi connectivity index (χ2n) is 6.69. The van der Waals surface area contributed by atoms with E-state index in [2.05, 4.69) is 51.4 Å². The van der Waals surface area contributed by atoms with Crippen LogP contribution < -0.4 is 4.74 Å². The van der Waals surface area contributed by atoms with Crippen LogP contribution in [0.4, 0.5) is 0 Å². The maximum atomic E-state index is 5.23. The van der Waals surface area contributed by atoms with Gasteiger partial charge in [0.05, 0.1) is 19.7 Å². The van der Waals surface area contributed by atoms with Gasteiger partial charge in [0.25, 0.3) is 0 Å². The Balaban J connectivity index is 1.77. The van der Waals surface area contributed by atoms with Crippen molar-refractivity contribution in [1.82, 2.24) is 30.0 Å². The van der Waals surface area contributed by atoms with Gasteiger partial charge in [0.2, 0.25) is 0 Å². The minimum absolute atomic E-state index is 0.284. The molecule has 2 heterocycles. The molecule has 25 heavy (non-hydrogen) atoms. The second kappa shape index (κ2) is 8.40. The zero-order valence-corrected chi connectivity index (χ0v) is 15.4. The minimum Gasteiger partial charge on any atom is -0.497 e. The molecule has 0 bridgehead atoms. The van der Waals surface area contributed by atoms with Gasteiger partial charge in [0.15, 0.2) is 5.82 Å². The summed E-state index contributed by atoms with van der Waals surface area (Å²) in [5, 5.41) is 12.6. The van der Waals surface area contributed by atoms with E-state index in [1.807, 2.05) is 16.8 Å². The van der Waals surface area contributed by atoms with Crippen LogP contribution in [0, 0.1) is 0 Å². The standard InChI is InChI=1S/C18H28N6O/c1-4-5-17(23-12-10-22(2)11-13-23)18-19-20-21-24(18)14-15-6-8-16(25-3)9-7-15/h6-9,17H,4-5,10-14H2,1-3H3. The molecule has 0 spiro atoms. The van der Waals surface area contributed by atoms with Gasteiger partial charge in [-0.1, -0.05) is 25.5 Å². The van der Waals surface area contributed by atoms with E-state index in [1.54, 1.807) is 7.11 Å². The number of ether oxygens (including phenoxy) is 1. The number of methoxy groups -OCH3 is 1. The predicted octanol–water partition coefficient (Wildman–Crippen LogP) is 1.82. The van der Waals surface area contributed by atoms with E-state index in [-0.39, 0.29) is 6.04 Å². The fourth-order valence-electron chi connectivity index (χ4n) is 3.35. The molecule has 7 heteroatoms. The first-order valence-corrected chi connectivity index (χ1v) is 9.03. The van der Waals surface area contributed by atoms with Crippen LogP contribution in [0.3, 0.4) is 0 Å². The van der Waals surface area contributed by atoms with Crippen molar-refractivity contribution < 1.29 is 4.74 Å². The van der Waals surface area contributed by atoms with Crippen LogP contribution >= 0.6 is 0 Å². The van der Waals surface area contributed by atoms with E-state index < -0.39 is 0 Å². The number of hydrogen-bond donors (Lipinski definition) is 0. The van der Waals surface area contributed by atoms with Crippen molar-refractivity contribution in [3.8, 4) is 5.75 Å². The summed E-state index contributed by atoms with van der Waals surface area (Å²) in [6.45, 7) is 7.23. The lowest BCUT2D eigenvalue weighted by Gasteiger charge is -2.37. The quantitative estimate of drug-likeness (QED) is 0.764. The molecular weight excluding hydrogens is 316 g/mol. The average Bonchev–Trinajstić information content (AvgIpc) is 3.09. The molecule has 1 atom stereocenters. The summed E-state index contributed by atoms with van der Waals surface area (Å²) in [5.74, 6) is 1.84. The molecule has 0 amide bonds. The number of piperazine rings is 1. The maximum absolute atomic E-state index is 5.23. The van der Waals surface area contributed by atoms with E-state index in [9.17, 15) is 0 Å². The minimum atomic E-state index is 0.284. The summed E-state index contributed by atoms with van der Waals surface area (Å²) in [5.41, 5.74) is 1.17. The Morgan fingerprint density at radius 3 is 2.48 bits per heavy atom. The number of rotatable bonds is 7. The van der Waals surface area contributed by atoms with Crippen LogP contribution in [0.25, 0.3) is 0 Å². The molecule has 0 saturated carbocycles. The SMILES string of the molecule is CCCC(c1nnnn1Cc1ccc(OC)cc1)N1CCN(C)CC1. The van der Waals surface area contributed by atoms with Crippen molar-refractivity contribution in [3.63, 3.8) is 0 Å². The topological polar surface area (TPSA) is 59.3 Å². The van der Waals surface area contributed by atoms with Crippen LogP contribution in [0.5, 0.6) is 5.75 Å². The number of benzene rings is 1. The summed E-state index contributed by atoms with van der Waals surface area (Å²) < 4.78 is 7.17. The van der Waals surface area contributed by atoms with Gasteiger partial charge in [-0.3, -0.25) is 4.90 Å². The molecule has 7 nitrogen and oxygen atoms in total. The molecule has 1 aromatic carbocycles. The Hall–Kier alpha value is -1.99. The molecule has 1 unspecified atom stereocenters. The van der Waals surface area contributed by atoms with Gasteiger partial charge in [-0.25, -0.2) is 4.68 Å². The lowest BCUT2D eigenvalue weighted by molar-refractivity contribution is 0.0996. The lowest BCUT2D eigenvalue weighted by atomic mass is 10.1. The molecule has 1 aromatic heterocycles. The number of aromatic nitrogens is 4. The predicted molar refractivity (Wildman–Crippen MR) is 96.6 cm³/mol. The van der Waals surface area contributed by atoms with Crippen molar-refractivity contribution in [2.24, 2.45) is 0 Å². The number of hydrogen-bond acceptors (Lipinski definition) is 6. The van der Waals surface area contributed by atoms with Gasteiger partial charge in [0.1, 0.15) is 5.75 Å². The van der Waals surface area contributed by atoms with E-state index in [0.29, 0.717) is 6.54 Å². The Bertz CT molecular complexity index is 648. The molecule has 1 saturated heterocycles. The van der Waals surface area contributed by atoms with Crippen molar-refractivity contribution >= 4 is 0 Å². The van der Waals surface area contributed by atoms with E-state index >= 15 is 0 Å². The fraction of sp³-hybridized carbons (Fsp3) is 0.611. The van der Waals surface area contributed by atoms with Gasteiger partial charge in [-0.2, -0.15) is 0 Å². The zero-order chi connectivity index (χ0) is 17.6.